The topological polar surface area (TPSA) is 38.5 Å². The van der Waals surface area contributed by atoms with Crippen LogP contribution in [-0.4, -0.2) is 37.3 Å². The zero-order valence-corrected chi connectivity index (χ0v) is 12.4. The third-order valence-electron chi connectivity index (χ3n) is 3.07. The fourth-order valence-corrected chi connectivity index (χ4v) is 2.91. The van der Waals surface area contributed by atoms with Crippen molar-refractivity contribution in [3.8, 4) is 5.75 Å². The Kier molecular flexibility index (Phi) is 4.93. The van der Waals surface area contributed by atoms with Gasteiger partial charge in [-0.05, 0) is 17.7 Å². The first kappa shape index (κ1) is 15.6. The first-order valence-electron chi connectivity index (χ1n) is 6.32. The van der Waals surface area contributed by atoms with Crippen LogP contribution in [0.25, 0.3) is 0 Å². The minimum atomic E-state index is -4.23. The summed E-state index contributed by atoms with van der Waals surface area (Å²) in [5.41, 5.74) is 7.20. The average molecular weight is 353 g/mol. The molecule has 1 heterocycles. The van der Waals surface area contributed by atoms with Crippen LogP contribution >= 0.6 is 15.9 Å². The van der Waals surface area contributed by atoms with E-state index >= 15 is 0 Å². The van der Waals surface area contributed by atoms with Gasteiger partial charge in [-0.3, -0.25) is 4.90 Å². The van der Waals surface area contributed by atoms with E-state index in [1.807, 2.05) is 12.1 Å². The Morgan fingerprint density at radius 2 is 2.10 bits per heavy atom. The second-order valence-electron chi connectivity index (χ2n) is 4.77. The number of alkyl halides is 3. The highest BCUT2D eigenvalue weighted by Gasteiger charge is 2.31. The van der Waals surface area contributed by atoms with Gasteiger partial charge < -0.3 is 10.5 Å². The number of rotatable bonds is 5. The van der Waals surface area contributed by atoms with Gasteiger partial charge in [0.15, 0.2) is 0 Å². The lowest BCUT2D eigenvalue weighted by Crippen LogP contribution is -2.37. The van der Waals surface area contributed by atoms with Crippen molar-refractivity contribution < 1.29 is 17.9 Å². The predicted molar refractivity (Wildman–Crippen MR) is 73.7 cm³/mol. The molecule has 1 aliphatic heterocycles. The van der Waals surface area contributed by atoms with E-state index in [0.29, 0.717) is 6.61 Å². The standard InChI is InChI=1S/C13H16BrF3N2O/c14-11-5-9-1-4-20-12(9)10(6-11)7-19(3-2-18)8-13(15,16)17/h5-6H,1-4,7-8,18H2. The summed E-state index contributed by atoms with van der Waals surface area (Å²) >= 11 is 3.39. The molecule has 7 heteroatoms. The van der Waals surface area contributed by atoms with Gasteiger partial charge in [0.2, 0.25) is 0 Å². The number of hydrogen-bond acceptors (Lipinski definition) is 3. The van der Waals surface area contributed by atoms with Crippen LogP contribution < -0.4 is 10.5 Å². The molecule has 0 fully saturated rings. The molecular weight excluding hydrogens is 337 g/mol. The van der Waals surface area contributed by atoms with E-state index in [0.717, 1.165) is 27.8 Å². The Hall–Kier alpha value is -0.790. The number of benzene rings is 1. The van der Waals surface area contributed by atoms with Gasteiger partial charge in [-0.2, -0.15) is 13.2 Å². The fraction of sp³-hybridized carbons (Fsp3) is 0.538. The van der Waals surface area contributed by atoms with Crippen molar-refractivity contribution in [2.75, 3.05) is 26.2 Å². The van der Waals surface area contributed by atoms with Crippen LogP contribution in [0.5, 0.6) is 5.75 Å². The van der Waals surface area contributed by atoms with Crippen molar-refractivity contribution in [2.24, 2.45) is 5.73 Å². The smallest absolute Gasteiger partial charge is 0.401 e. The Bertz CT molecular complexity index is 479. The number of halogens is 4. The molecular formula is C13H16BrF3N2O. The summed E-state index contributed by atoms with van der Waals surface area (Å²) < 4.78 is 44.1. The molecule has 0 spiro atoms. The molecule has 0 saturated carbocycles. The molecule has 1 aromatic rings. The molecule has 0 saturated heterocycles. The third-order valence-corrected chi connectivity index (χ3v) is 3.53. The highest BCUT2D eigenvalue weighted by Crippen LogP contribution is 2.34. The van der Waals surface area contributed by atoms with E-state index in [-0.39, 0.29) is 19.6 Å². The van der Waals surface area contributed by atoms with Crippen molar-refractivity contribution in [1.29, 1.82) is 0 Å². The van der Waals surface area contributed by atoms with Crippen LogP contribution in [0, 0.1) is 0 Å². The van der Waals surface area contributed by atoms with Gasteiger partial charge in [0, 0.05) is 36.1 Å². The maximum atomic E-state index is 12.6. The van der Waals surface area contributed by atoms with Gasteiger partial charge in [-0.1, -0.05) is 15.9 Å². The molecule has 1 aliphatic rings. The van der Waals surface area contributed by atoms with Gasteiger partial charge in [-0.25, -0.2) is 0 Å². The molecule has 2 N–H and O–H groups in total. The molecule has 3 nitrogen and oxygen atoms in total. The van der Waals surface area contributed by atoms with Crippen molar-refractivity contribution >= 4 is 15.9 Å². The van der Waals surface area contributed by atoms with E-state index < -0.39 is 12.7 Å². The van der Waals surface area contributed by atoms with E-state index in [9.17, 15) is 13.2 Å². The monoisotopic (exact) mass is 352 g/mol. The van der Waals surface area contributed by atoms with Gasteiger partial charge in [-0.15, -0.1) is 0 Å². The summed E-state index contributed by atoms with van der Waals surface area (Å²) in [6.45, 7) is 0.173. The van der Waals surface area contributed by atoms with Gasteiger partial charge in [0.1, 0.15) is 5.75 Å². The van der Waals surface area contributed by atoms with E-state index in [2.05, 4.69) is 15.9 Å². The van der Waals surface area contributed by atoms with Crippen LogP contribution in [0.1, 0.15) is 11.1 Å². The minimum Gasteiger partial charge on any atom is -0.493 e. The quantitative estimate of drug-likeness (QED) is 0.885. The van der Waals surface area contributed by atoms with Crippen LogP contribution in [0.15, 0.2) is 16.6 Å². The highest BCUT2D eigenvalue weighted by atomic mass is 79.9. The number of hydrogen-bond donors (Lipinski definition) is 1. The molecule has 0 aliphatic carbocycles. The molecule has 0 aromatic heterocycles. The highest BCUT2D eigenvalue weighted by molar-refractivity contribution is 9.10. The van der Waals surface area contributed by atoms with Crippen molar-refractivity contribution in [3.63, 3.8) is 0 Å². The van der Waals surface area contributed by atoms with Gasteiger partial charge in [0.05, 0.1) is 13.2 Å². The lowest BCUT2D eigenvalue weighted by atomic mass is 10.1. The summed E-state index contributed by atoms with van der Waals surface area (Å²) in [5, 5.41) is 0. The van der Waals surface area contributed by atoms with Crippen molar-refractivity contribution in [1.82, 2.24) is 4.90 Å². The third kappa shape index (κ3) is 4.10. The lowest BCUT2D eigenvalue weighted by molar-refractivity contribution is -0.146. The van der Waals surface area contributed by atoms with Crippen molar-refractivity contribution in [2.45, 2.75) is 19.1 Å². The Morgan fingerprint density at radius 1 is 1.35 bits per heavy atom. The number of nitrogens with zero attached hydrogens (tertiary/aromatic N) is 1. The molecule has 20 heavy (non-hydrogen) atoms. The second-order valence-corrected chi connectivity index (χ2v) is 5.68. The summed E-state index contributed by atoms with van der Waals surface area (Å²) in [6.07, 6.45) is -3.44. The number of nitrogens with two attached hydrogens (primary N) is 1. The zero-order valence-electron chi connectivity index (χ0n) is 10.8. The van der Waals surface area contributed by atoms with E-state index in [4.69, 9.17) is 10.5 Å². The first-order valence-corrected chi connectivity index (χ1v) is 7.11. The summed E-state index contributed by atoms with van der Waals surface area (Å²) in [4.78, 5) is 1.30. The summed E-state index contributed by atoms with van der Waals surface area (Å²) in [7, 11) is 0. The zero-order chi connectivity index (χ0) is 14.8. The first-order chi connectivity index (χ1) is 9.39. The molecule has 0 bridgehead atoms. The normalized spacial score (nSPS) is 14.5. The van der Waals surface area contributed by atoms with Crippen LogP contribution in [0.2, 0.25) is 0 Å². The van der Waals surface area contributed by atoms with Crippen LogP contribution in [0.4, 0.5) is 13.2 Å². The van der Waals surface area contributed by atoms with E-state index in [1.54, 1.807) is 0 Å². The molecule has 0 unspecified atom stereocenters. The minimum absolute atomic E-state index is 0.179. The average Bonchev–Trinajstić information content (AvgIpc) is 2.74. The number of fused-ring (bicyclic) bond motifs is 1. The molecule has 0 amide bonds. The molecule has 0 atom stereocenters. The van der Waals surface area contributed by atoms with Crippen molar-refractivity contribution in [3.05, 3.63) is 27.7 Å². The summed E-state index contributed by atoms with van der Waals surface area (Å²) in [5.74, 6) is 0.720. The second kappa shape index (κ2) is 6.32. The molecule has 0 radical (unpaired) electrons. The molecule has 1 aromatic carbocycles. The molecule has 2 rings (SSSR count). The SMILES string of the molecule is NCCN(Cc1cc(Br)cc2c1OCC2)CC(F)(F)F. The Balaban J connectivity index is 2.18. The predicted octanol–water partition coefficient (Wildman–Crippen LogP) is 2.71. The maximum Gasteiger partial charge on any atom is 0.401 e. The van der Waals surface area contributed by atoms with Crippen LogP contribution in [-0.2, 0) is 13.0 Å². The largest absolute Gasteiger partial charge is 0.493 e. The van der Waals surface area contributed by atoms with Gasteiger partial charge in [0.25, 0.3) is 0 Å². The molecule has 112 valence electrons. The van der Waals surface area contributed by atoms with Gasteiger partial charge >= 0.3 is 6.18 Å². The summed E-state index contributed by atoms with van der Waals surface area (Å²) in [6, 6.07) is 3.76. The van der Waals surface area contributed by atoms with Crippen LogP contribution in [0.3, 0.4) is 0 Å². The number of ether oxygens (including phenoxy) is 1. The maximum absolute atomic E-state index is 12.6. The fourth-order valence-electron chi connectivity index (χ4n) is 2.35. The Labute approximate surface area is 124 Å². The lowest BCUT2D eigenvalue weighted by Gasteiger charge is -2.24. The van der Waals surface area contributed by atoms with E-state index in [1.165, 1.54) is 4.90 Å². The Morgan fingerprint density at radius 3 is 2.75 bits per heavy atom.